The Morgan fingerprint density at radius 3 is 2.38 bits per heavy atom. The van der Waals surface area contributed by atoms with Gasteiger partial charge in [-0.2, -0.15) is 0 Å². The smallest absolute Gasteiger partial charge is 0.253 e. The van der Waals surface area contributed by atoms with Gasteiger partial charge in [-0.15, -0.1) is 10.2 Å². The van der Waals surface area contributed by atoms with Crippen molar-refractivity contribution in [2.24, 2.45) is 0 Å². The third kappa shape index (κ3) is 2.50. The van der Waals surface area contributed by atoms with Gasteiger partial charge in [-0.05, 0) is 24.3 Å². The molecule has 0 aliphatic rings. The van der Waals surface area contributed by atoms with Gasteiger partial charge in [0.15, 0.2) is 6.61 Å². The van der Waals surface area contributed by atoms with Crippen molar-refractivity contribution in [3.63, 3.8) is 0 Å². The quantitative estimate of drug-likeness (QED) is 0.788. The van der Waals surface area contributed by atoms with Gasteiger partial charge in [-0.1, -0.05) is 0 Å². The van der Waals surface area contributed by atoms with Crippen molar-refractivity contribution < 1.29 is 13.9 Å². The number of hydrogen-bond acceptors (Lipinski definition) is 5. The highest BCUT2D eigenvalue weighted by atomic mass is 16.5. The second-order valence-electron chi connectivity index (χ2n) is 3.18. The molecule has 0 aliphatic heterocycles. The number of methoxy groups -OCH3 is 1. The topological polar surface area (TPSA) is 57.4 Å². The van der Waals surface area contributed by atoms with Gasteiger partial charge in [0.05, 0.1) is 7.11 Å². The first-order chi connectivity index (χ1) is 7.78. The van der Waals surface area contributed by atoms with Crippen molar-refractivity contribution in [1.82, 2.24) is 10.2 Å². The molecule has 2 rings (SSSR count). The minimum atomic E-state index is 0.271. The van der Waals surface area contributed by atoms with Crippen LogP contribution in [0.3, 0.4) is 0 Å². The van der Waals surface area contributed by atoms with E-state index in [4.69, 9.17) is 13.9 Å². The summed E-state index contributed by atoms with van der Waals surface area (Å²) in [5.41, 5.74) is 0. The minimum Gasteiger partial charge on any atom is -0.497 e. The fourth-order valence-corrected chi connectivity index (χ4v) is 1.21. The average Bonchev–Trinajstić information content (AvgIpc) is 2.73. The van der Waals surface area contributed by atoms with Gasteiger partial charge in [-0.25, -0.2) is 0 Å². The van der Waals surface area contributed by atoms with E-state index in [2.05, 4.69) is 10.2 Å². The van der Waals surface area contributed by atoms with E-state index in [-0.39, 0.29) is 6.61 Å². The van der Waals surface area contributed by atoms with Crippen molar-refractivity contribution in [3.05, 3.63) is 36.0 Å². The summed E-state index contributed by atoms with van der Waals surface area (Å²) in [6, 6.07) is 7.30. The lowest BCUT2D eigenvalue weighted by Gasteiger charge is -2.04. The first kappa shape index (κ1) is 10.5. The molecule has 84 valence electrons. The Morgan fingerprint density at radius 1 is 1.12 bits per heavy atom. The molecular formula is C11H12N2O3. The largest absolute Gasteiger partial charge is 0.497 e. The maximum Gasteiger partial charge on any atom is 0.253 e. The molecule has 0 unspecified atom stereocenters. The van der Waals surface area contributed by atoms with Crippen LogP contribution in [-0.4, -0.2) is 17.3 Å². The van der Waals surface area contributed by atoms with Crippen molar-refractivity contribution in [2.45, 2.75) is 13.5 Å². The molecule has 0 saturated heterocycles. The van der Waals surface area contributed by atoms with Gasteiger partial charge in [0.1, 0.15) is 11.5 Å². The van der Waals surface area contributed by atoms with E-state index in [0.717, 1.165) is 11.5 Å². The van der Waals surface area contributed by atoms with Crippen molar-refractivity contribution in [3.8, 4) is 11.5 Å². The van der Waals surface area contributed by atoms with E-state index in [1.165, 1.54) is 0 Å². The zero-order valence-electron chi connectivity index (χ0n) is 9.14. The molecule has 0 bridgehead atoms. The molecule has 0 radical (unpaired) electrons. The predicted octanol–water partition coefficient (Wildman–Crippen LogP) is 1.97. The minimum absolute atomic E-state index is 0.271. The Hall–Kier alpha value is -2.04. The molecule has 0 spiro atoms. The molecule has 0 fully saturated rings. The van der Waals surface area contributed by atoms with Crippen LogP contribution in [0.25, 0.3) is 0 Å². The van der Waals surface area contributed by atoms with Crippen LogP contribution in [0.2, 0.25) is 0 Å². The Kier molecular flexibility index (Phi) is 3.05. The summed E-state index contributed by atoms with van der Waals surface area (Å²) in [5.74, 6) is 2.53. The molecular weight excluding hydrogens is 208 g/mol. The summed E-state index contributed by atoms with van der Waals surface area (Å²) >= 11 is 0. The normalized spacial score (nSPS) is 10.1. The molecule has 1 heterocycles. The Balaban J connectivity index is 1.94. The molecule has 0 N–H and O–H groups in total. The highest BCUT2D eigenvalue weighted by Gasteiger charge is 2.03. The number of hydrogen-bond donors (Lipinski definition) is 0. The number of rotatable bonds is 4. The molecule has 0 aliphatic carbocycles. The van der Waals surface area contributed by atoms with Crippen molar-refractivity contribution in [2.75, 3.05) is 7.11 Å². The summed E-state index contributed by atoms with van der Waals surface area (Å²) < 4.78 is 15.7. The summed E-state index contributed by atoms with van der Waals surface area (Å²) in [4.78, 5) is 0. The summed E-state index contributed by atoms with van der Waals surface area (Å²) in [6.45, 7) is 2.01. The van der Waals surface area contributed by atoms with Gasteiger partial charge in [-0.3, -0.25) is 0 Å². The first-order valence-electron chi connectivity index (χ1n) is 4.84. The van der Waals surface area contributed by atoms with Crippen LogP contribution in [0, 0.1) is 6.92 Å². The van der Waals surface area contributed by atoms with Crippen LogP contribution in [-0.2, 0) is 6.61 Å². The number of ether oxygens (including phenoxy) is 2. The highest BCUT2D eigenvalue weighted by Crippen LogP contribution is 2.17. The zero-order valence-corrected chi connectivity index (χ0v) is 9.14. The van der Waals surface area contributed by atoms with Gasteiger partial charge in [0.25, 0.3) is 5.89 Å². The maximum absolute atomic E-state index is 5.45. The summed E-state index contributed by atoms with van der Waals surface area (Å²) in [7, 11) is 1.62. The predicted molar refractivity (Wildman–Crippen MR) is 56.4 cm³/mol. The summed E-state index contributed by atoms with van der Waals surface area (Å²) in [5, 5.41) is 7.54. The molecule has 16 heavy (non-hydrogen) atoms. The highest BCUT2D eigenvalue weighted by molar-refractivity contribution is 5.31. The van der Waals surface area contributed by atoms with Crippen molar-refractivity contribution in [1.29, 1.82) is 0 Å². The van der Waals surface area contributed by atoms with E-state index in [0.29, 0.717) is 11.8 Å². The van der Waals surface area contributed by atoms with Gasteiger partial charge in [0.2, 0.25) is 5.89 Å². The molecule has 1 aromatic heterocycles. The number of benzene rings is 1. The fraction of sp³-hybridized carbons (Fsp3) is 0.273. The number of aryl methyl sites for hydroxylation is 1. The molecule has 0 atom stereocenters. The van der Waals surface area contributed by atoms with Gasteiger partial charge >= 0.3 is 0 Å². The third-order valence-electron chi connectivity index (χ3n) is 1.99. The second-order valence-corrected chi connectivity index (χ2v) is 3.18. The van der Waals surface area contributed by atoms with Crippen LogP contribution >= 0.6 is 0 Å². The fourth-order valence-electron chi connectivity index (χ4n) is 1.21. The van der Waals surface area contributed by atoms with E-state index in [1.807, 2.05) is 24.3 Å². The van der Waals surface area contributed by atoms with E-state index in [9.17, 15) is 0 Å². The Labute approximate surface area is 93.0 Å². The lowest BCUT2D eigenvalue weighted by Crippen LogP contribution is -1.95. The second kappa shape index (κ2) is 4.65. The monoisotopic (exact) mass is 220 g/mol. The molecule has 0 saturated carbocycles. The van der Waals surface area contributed by atoms with Crippen LogP contribution in [0.4, 0.5) is 0 Å². The van der Waals surface area contributed by atoms with Gasteiger partial charge in [0, 0.05) is 6.92 Å². The first-order valence-corrected chi connectivity index (χ1v) is 4.84. The van der Waals surface area contributed by atoms with Gasteiger partial charge < -0.3 is 13.9 Å². The number of nitrogens with zero attached hydrogens (tertiary/aromatic N) is 2. The Bertz CT molecular complexity index is 451. The third-order valence-corrected chi connectivity index (χ3v) is 1.99. The summed E-state index contributed by atoms with van der Waals surface area (Å²) in [6.07, 6.45) is 0. The molecule has 5 nitrogen and oxygen atoms in total. The lowest BCUT2D eigenvalue weighted by atomic mass is 10.3. The zero-order chi connectivity index (χ0) is 11.4. The maximum atomic E-state index is 5.45. The van der Waals surface area contributed by atoms with E-state index < -0.39 is 0 Å². The van der Waals surface area contributed by atoms with E-state index in [1.54, 1.807) is 14.0 Å². The van der Waals surface area contributed by atoms with Crippen LogP contribution in [0.1, 0.15) is 11.8 Å². The molecule has 1 aromatic carbocycles. The van der Waals surface area contributed by atoms with Crippen molar-refractivity contribution >= 4 is 0 Å². The molecule has 0 amide bonds. The lowest BCUT2D eigenvalue weighted by molar-refractivity contribution is 0.260. The van der Waals surface area contributed by atoms with Crippen LogP contribution in [0.15, 0.2) is 28.7 Å². The van der Waals surface area contributed by atoms with Crippen LogP contribution < -0.4 is 9.47 Å². The van der Waals surface area contributed by atoms with Crippen LogP contribution in [0.5, 0.6) is 11.5 Å². The Morgan fingerprint density at radius 2 is 1.81 bits per heavy atom. The molecule has 5 heteroatoms. The standard InChI is InChI=1S/C11H12N2O3/c1-8-12-13-11(16-8)7-15-10-5-3-9(14-2)4-6-10/h3-6H,7H2,1-2H3. The average molecular weight is 220 g/mol. The SMILES string of the molecule is COc1ccc(OCc2nnc(C)o2)cc1. The number of aromatic nitrogens is 2. The van der Waals surface area contributed by atoms with E-state index >= 15 is 0 Å². The molecule has 2 aromatic rings.